The van der Waals surface area contributed by atoms with E-state index in [-0.39, 0.29) is 24.2 Å². The van der Waals surface area contributed by atoms with Crippen molar-refractivity contribution in [2.75, 3.05) is 51.6 Å². The summed E-state index contributed by atoms with van der Waals surface area (Å²) in [6, 6.07) is 7.76. The molecule has 1 aliphatic heterocycles. The number of nitrogens with one attached hydrogen (secondary N) is 1. The van der Waals surface area contributed by atoms with Crippen LogP contribution in [0.1, 0.15) is 5.56 Å². The minimum absolute atomic E-state index is 0.105. The highest BCUT2D eigenvalue weighted by atomic mass is 32.1. The normalized spacial score (nSPS) is 15.4. The quantitative estimate of drug-likeness (QED) is 0.768. The SMILES string of the molecule is CN(Cc1ccsc1)C(=O)CN1CCN(CC(=O)Nc2ccc(F)cc2)CC1. The van der Waals surface area contributed by atoms with E-state index >= 15 is 0 Å². The Bertz CT molecular complexity index is 774. The van der Waals surface area contributed by atoms with Crippen LogP contribution in [0.15, 0.2) is 41.1 Å². The third kappa shape index (κ3) is 6.12. The molecule has 0 unspecified atom stereocenters. The van der Waals surface area contributed by atoms with Gasteiger partial charge in [-0.05, 0) is 46.7 Å². The van der Waals surface area contributed by atoms with E-state index in [9.17, 15) is 14.0 Å². The molecule has 8 heteroatoms. The van der Waals surface area contributed by atoms with Gasteiger partial charge in [0.05, 0.1) is 13.1 Å². The van der Waals surface area contributed by atoms with Gasteiger partial charge in [0.25, 0.3) is 0 Å². The number of hydrogen-bond donors (Lipinski definition) is 1. The number of nitrogens with zero attached hydrogens (tertiary/aromatic N) is 3. The van der Waals surface area contributed by atoms with Crippen LogP contribution >= 0.6 is 11.3 Å². The Morgan fingerprint density at radius 3 is 2.32 bits per heavy atom. The number of benzene rings is 1. The van der Waals surface area contributed by atoms with Gasteiger partial charge in [0.2, 0.25) is 11.8 Å². The summed E-state index contributed by atoms with van der Waals surface area (Å²) < 4.78 is 12.9. The number of amides is 2. The Labute approximate surface area is 168 Å². The fraction of sp³-hybridized carbons (Fsp3) is 0.400. The Morgan fingerprint density at radius 2 is 1.71 bits per heavy atom. The number of piperazine rings is 1. The molecule has 150 valence electrons. The van der Waals surface area contributed by atoms with Gasteiger partial charge in [0.15, 0.2) is 0 Å². The standard InChI is InChI=1S/C20H25FN4O2S/c1-23(12-16-6-11-28-15-16)20(27)14-25-9-7-24(8-10-25)13-19(26)22-18-4-2-17(21)3-5-18/h2-6,11,15H,7-10,12-14H2,1H3,(H,22,26). The number of carbonyl (C=O) groups is 2. The summed E-state index contributed by atoms with van der Waals surface area (Å²) in [5, 5.41) is 6.84. The summed E-state index contributed by atoms with van der Waals surface area (Å²) in [4.78, 5) is 30.5. The molecule has 0 spiro atoms. The lowest BCUT2D eigenvalue weighted by molar-refractivity contribution is -0.132. The number of hydrogen-bond acceptors (Lipinski definition) is 5. The lowest BCUT2D eigenvalue weighted by atomic mass is 10.2. The summed E-state index contributed by atoms with van der Waals surface area (Å²) in [5.41, 5.74) is 1.74. The molecule has 0 bridgehead atoms. The molecule has 2 heterocycles. The molecular formula is C20H25FN4O2S. The fourth-order valence-corrected chi connectivity index (χ4v) is 3.76. The Hall–Kier alpha value is -2.29. The molecular weight excluding hydrogens is 379 g/mol. The average molecular weight is 405 g/mol. The molecule has 0 saturated carbocycles. The van der Waals surface area contributed by atoms with Crippen molar-refractivity contribution < 1.29 is 14.0 Å². The predicted octanol–water partition coefficient (Wildman–Crippen LogP) is 2.10. The van der Waals surface area contributed by atoms with Crippen molar-refractivity contribution in [3.8, 4) is 0 Å². The number of likely N-dealkylation sites (N-methyl/N-ethyl adjacent to an activating group) is 1. The molecule has 1 fully saturated rings. The van der Waals surface area contributed by atoms with Gasteiger partial charge < -0.3 is 10.2 Å². The molecule has 1 aliphatic rings. The predicted molar refractivity (Wildman–Crippen MR) is 109 cm³/mol. The van der Waals surface area contributed by atoms with E-state index in [0.29, 0.717) is 18.8 Å². The monoisotopic (exact) mass is 404 g/mol. The van der Waals surface area contributed by atoms with Gasteiger partial charge in [-0.25, -0.2) is 4.39 Å². The molecule has 0 atom stereocenters. The van der Waals surface area contributed by atoms with Crippen molar-refractivity contribution in [1.82, 2.24) is 14.7 Å². The van der Waals surface area contributed by atoms with E-state index in [0.717, 1.165) is 31.7 Å². The zero-order chi connectivity index (χ0) is 19.9. The fourth-order valence-electron chi connectivity index (χ4n) is 3.10. The van der Waals surface area contributed by atoms with Gasteiger partial charge in [-0.3, -0.25) is 19.4 Å². The molecule has 0 aliphatic carbocycles. The number of rotatable bonds is 7. The van der Waals surface area contributed by atoms with Crippen molar-refractivity contribution >= 4 is 28.8 Å². The summed E-state index contributed by atoms with van der Waals surface area (Å²) in [6.07, 6.45) is 0. The largest absolute Gasteiger partial charge is 0.340 e. The Morgan fingerprint density at radius 1 is 1.07 bits per heavy atom. The lowest BCUT2D eigenvalue weighted by Gasteiger charge is -2.34. The maximum Gasteiger partial charge on any atom is 0.238 e. The van der Waals surface area contributed by atoms with Crippen LogP contribution in [0.3, 0.4) is 0 Å². The number of thiophene rings is 1. The van der Waals surface area contributed by atoms with Gasteiger partial charge in [-0.15, -0.1) is 0 Å². The lowest BCUT2D eigenvalue weighted by Crippen LogP contribution is -2.51. The molecule has 6 nitrogen and oxygen atoms in total. The van der Waals surface area contributed by atoms with Gasteiger partial charge in [0.1, 0.15) is 5.82 Å². The summed E-state index contributed by atoms with van der Waals surface area (Å²) in [7, 11) is 1.83. The molecule has 1 saturated heterocycles. The van der Waals surface area contributed by atoms with Crippen LogP contribution in [0, 0.1) is 5.82 Å². The number of carbonyl (C=O) groups excluding carboxylic acids is 2. The second-order valence-electron chi connectivity index (χ2n) is 6.99. The van der Waals surface area contributed by atoms with Crippen LogP contribution in [0.4, 0.5) is 10.1 Å². The van der Waals surface area contributed by atoms with Crippen molar-refractivity contribution in [2.45, 2.75) is 6.54 Å². The minimum Gasteiger partial charge on any atom is -0.340 e. The van der Waals surface area contributed by atoms with Crippen LogP contribution in [0.25, 0.3) is 0 Å². The molecule has 3 rings (SSSR count). The Kier molecular flexibility index (Phi) is 7.13. The maximum absolute atomic E-state index is 12.9. The van der Waals surface area contributed by atoms with Crippen LogP contribution in [0.5, 0.6) is 0 Å². The molecule has 28 heavy (non-hydrogen) atoms. The third-order valence-corrected chi connectivity index (χ3v) is 5.48. The summed E-state index contributed by atoms with van der Waals surface area (Å²) in [6.45, 7) is 4.29. The highest BCUT2D eigenvalue weighted by Crippen LogP contribution is 2.10. The van der Waals surface area contributed by atoms with Crippen molar-refractivity contribution in [1.29, 1.82) is 0 Å². The molecule has 1 aromatic heterocycles. The first-order valence-corrected chi connectivity index (χ1v) is 10.2. The Balaban J connectivity index is 1.37. The molecule has 1 N–H and O–H groups in total. The second kappa shape index (κ2) is 9.77. The van der Waals surface area contributed by atoms with Crippen molar-refractivity contribution in [3.05, 3.63) is 52.5 Å². The topological polar surface area (TPSA) is 55.9 Å². The van der Waals surface area contributed by atoms with Gasteiger partial charge >= 0.3 is 0 Å². The van der Waals surface area contributed by atoms with Crippen molar-refractivity contribution in [3.63, 3.8) is 0 Å². The van der Waals surface area contributed by atoms with Gasteiger partial charge in [0, 0.05) is 45.5 Å². The smallest absolute Gasteiger partial charge is 0.238 e. The van der Waals surface area contributed by atoms with E-state index in [1.807, 2.05) is 18.5 Å². The zero-order valence-electron chi connectivity index (χ0n) is 15.9. The average Bonchev–Trinajstić information content (AvgIpc) is 3.18. The number of halogens is 1. The molecule has 1 aromatic carbocycles. The molecule has 2 aromatic rings. The van der Waals surface area contributed by atoms with Gasteiger partial charge in [-0.2, -0.15) is 11.3 Å². The third-order valence-electron chi connectivity index (χ3n) is 4.74. The molecule has 0 radical (unpaired) electrons. The highest BCUT2D eigenvalue weighted by molar-refractivity contribution is 7.07. The first-order chi connectivity index (χ1) is 13.5. The highest BCUT2D eigenvalue weighted by Gasteiger charge is 2.22. The van der Waals surface area contributed by atoms with Crippen molar-refractivity contribution in [2.24, 2.45) is 0 Å². The van der Waals surface area contributed by atoms with Crippen LogP contribution in [-0.2, 0) is 16.1 Å². The van der Waals surface area contributed by atoms with Crippen LogP contribution < -0.4 is 5.32 Å². The second-order valence-corrected chi connectivity index (χ2v) is 7.77. The minimum atomic E-state index is -0.329. The molecule has 2 amide bonds. The van der Waals surface area contributed by atoms with Crippen LogP contribution in [-0.4, -0.2) is 72.8 Å². The van der Waals surface area contributed by atoms with E-state index in [1.54, 1.807) is 28.4 Å². The maximum atomic E-state index is 12.9. The number of anilines is 1. The first-order valence-electron chi connectivity index (χ1n) is 9.25. The van der Waals surface area contributed by atoms with Crippen LogP contribution in [0.2, 0.25) is 0 Å². The summed E-state index contributed by atoms with van der Waals surface area (Å²) in [5.74, 6) is -0.343. The van der Waals surface area contributed by atoms with E-state index in [2.05, 4.69) is 20.5 Å². The zero-order valence-corrected chi connectivity index (χ0v) is 16.8. The van der Waals surface area contributed by atoms with E-state index < -0.39 is 0 Å². The van der Waals surface area contributed by atoms with E-state index in [1.165, 1.54) is 12.1 Å². The summed E-state index contributed by atoms with van der Waals surface area (Å²) >= 11 is 1.63. The van der Waals surface area contributed by atoms with Gasteiger partial charge in [-0.1, -0.05) is 0 Å². The van der Waals surface area contributed by atoms with E-state index in [4.69, 9.17) is 0 Å². The first kappa shape index (κ1) is 20.4.